The number of nitrogens with one attached hydrogen (secondary N) is 1. The lowest BCUT2D eigenvalue weighted by Crippen LogP contribution is -2.95. The van der Waals surface area contributed by atoms with Crippen LogP contribution in [-0.4, -0.2) is 104 Å². The van der Waals surface area contributed by atoms with Gasteiger partial charge in [-0.25, -0.2) is 0 Å². The highest BCUT2D eigenvalue weighted by Gasteiger charge is 2.65. The zero-order valence-corrected chi connectivity index (χ0v) is 31.8. The van der Waals surface area contributed by atoms with Crippen molar-refractivity contribution < 1.29 is 49.9 Å². The quantitative estimate of drug-likeness (QED) is 0.205. The monoisotopic (exact) mass is 763 g/mol. The maximum Gasteiger partial charge on any atom is 0.187 e. The third kappa shape index (κ3) is 6.38. The maximum atomic E-state index is 15.2. The van der Waals surface area contributed by atoms with E-state index in [9.17, 15) is 30.3 Å². The SMILES string of the molecule is O=C1C2CCCC3OC4OC(CO)C(O)C(O)(CC5(CCCC5)C5CC[NH2+]C(C5)NCSSCC5(C(=O)C32)C(O)=CC(C2CCCCC2)=CC15)C4O. The van der Waals surface area contributed by atoms with Crippen LogP contribution in [0.4, 0.5) is 0 Å². The third-order valence-electron chi connectivity index (χ3n) is 14.8. The van der Waals surface area contributed by atoms with E-state index in [4.69, 9.17) is 9.47 Å². The number of rotatable bonds is 2. The number of hydrogen-bond acceptors (Lipinski definition) is 12. The molecule has 3 aliphatic heterocycles. The lowest BCUT2D eigenvalue weighted by molar-refractivity contribution is -0.705. The van der Waals surface area contributed by atoms with Gasteiger partial charge in [-0.3, -0.25) is 14.9 Å². The minimum Gasteiger partial charge on any atom is -0.511 e. The first-order chi connectivity index (χ1) is 25.1. The minimum atomic E-state index is -2.03. The highest BCUT2D eigenvalue weighted by Crippen LogP contribution is 2.58. The molecule has 12 atom stereocenters. The Morgan fingerprint density at radius 3 is 2.50 bits per heavy atom. The van der Waals surface area contributed by atoms with Crippen molar-refractivity contribution in [1.29, 1.82) is 0 Å². The smallest absolute Gasteiger partial charge is 0.187 e. The minimum absolute atomic E-state index is 0.0331. The van der Waals surface area contributed by atoms with Crippen LogP contribution in [0.3, 0.4) is 0 Å². The number of ketones is 2. The number of aliphatic hydroxyl groups excluding tert-OH is 4. The van der Waals surface area contributed by atoms with E-state index in [1.807, 2.05) is 6.08 Å². The van der Waals surface area contributed by atoms with Gasteiger partial charge in [0.25, 0.3) is 0 Å². The summed E-state index contributed by atoms with van der Waals surface area (Å²) in [6.07, 6.45) is 10.1. The molecule has 6 bridgehead atoms. The molecule has 0 amide bonds. The Bertz CT molecular complexity index is 1420. The van der Waals surface area contributed by atoms with E-state index in [0.717, 1.165) is 76.3 Å². The number of Topliss-reactive ketones (excluding diaryl/α,β-unsaturated/α-hetero) is 2. The summed E-state index contributed by atoms with van der Waals surface area (Å²) >= 11 is 0. The predicted molar refractivity (Wildman–Crippen MR) is 197 cm³/mol. The molecule has 3 heterocycles. The van der Waals surface area contributed by atoms with Crippen molar-refractivity contribution in [2.75, 3.05) is 24.8 Å². The largest absolute Gasteiger partial charge is 0.511 e. The lowest BCUT2D eigenvalue weighted by Gasteiger charge is -2.54. The van der Waals surface area contributed by atoms with Gasteiger partial charge in [0, 0.05) is 24.5 Å². The van der Waals surface area contributed by atoms with Gasteiger partial charge in [-0.15, -0.1) is 0 Å². The lowest BCUT2D eigenvalue weighted by atomic mass is 9.52. The molecule has 290 valence electrons. The Morgan fingerprint density at radius 2 is 1.73 bits per heavy atom. The van der Waals surface area contributed by atoms with Crippen molar-refractivity contribution in [3.8, 4) is 0 Å². The van der Waals surface area contributed by atoms with Gasteiger partial charge in [0.2, 0.25) is 0 Å². The van der Waals surface area contributed by atoms with Gasteiger partial charge in [0.1, 0.15) is 47.0 Å². The summed E-state index contributed by atoms with van der Waals surface area (Å²) in [7, 11) is 3.14. The van der Waals surface area contributed by atoms with Gasteiger partial charge in [0.15, 0.2) is 12.1 Å². The fourth-order valence-electron chi connectivity index (χ4n) is 12.0. The highest BCUT2D eigenvalue weighted by atomic mass is 33.1. The molecule has 0 aromatic carbocycles. The third-order valence-corrected chi connectivity index (χ3v) is 17.0. The Kier molecular flexibility index (Phi) is 11.0. The van der Waals surface area contributed by atoms with Gasteiger partial charge < -0.3 is 40.3 Å². The standard InChI is InChI=1S/C39H58N2O9S2/c42-18-28-33(45)39(48)19-37(12-4-5-13-37)24-11-14-40-30(17-24)41-21-52-51-20-38-26(15-23(16-29(38)43)22-7-2-1-3-8-22)32(44)25-9-6-10-27(31(25)34(38)46)49-36(50-28)35(39)47/h15-16,22,24-28,30-31,33,35-36,40-43,45,47-48H,1-14,17-21H2/p+1. The maximum absolute atomic E-state index is 15.2. The number of carbonyl (C=O) groups is 2. The second-order valence-electron chi connectivity index (χ2n) is 17.4. The summed E-state index contributed by atoms with van der Waals surface area (Å²) in [4.78, 5) is 29.9. The molecule has 2 spiro atoms. The Hall–Kier alpha value is -1.00. The fraction of sp³-hybridized carbons (Fsp3) is 0.846. The molecule has 13 heteroatoms. The number of ether oxygens (including phenoxy) is 2. The molecule has 5 aliphatic carbocycles. The van der Waals surface area contributed by atoms with Gasteiger partial charge in [-0.2, -0.15) is 0 Å². The number of quaternary nitrogens is 1. The molecule has 52 heavy (non-hydrogen) atoms. The second kappa shape index (κ2) is 15.2. The first kappa shape index (κ1) is 37.9. The molecule has 12 unspecified atom stereocenters. The number of fused-ring (bicyclic) bond motifs is 5. The van der Waals surface area contributed by atoms with Crippen LogP contribution in [0, 0.1) is 40.4 Å². The molecule has 8 aliphatic rings. The average Bonchev–Trinajstić information content (AvgIpc) is 3.64. The van der Waals surface area contributed by atoms with Crippen LogP contribution in [0.1, 0.15) is 96.3 Å². The van der Waals surface area contributed by atoms with E-state index in [0.29, 0.717) is 25.1 Å². The molecule has 3 saturated heterocycles. The molecular formula is C39H59N2O9S2+. The Morgan fingerprint density at radius 1 is 0.942 bits per heavy atom. The van der Waals surface area contributed by atoms with Crippen molar-refractivity contribution in [2.24, 2.45) is 40.4 Å². The van der Waals surface area contributed by atoms with Crippen LogP contribution >= 0.6 is 21.6 Å². The molecule has 0 aromatic rings. The normalized spacial score (nSPS) is 46.1. The fourth-order valence-corrected chi connectivity index (χ4v) is 14.3. The van der Waals surface area contributed by atoms with E-state index in [1.165, 1.54) is 17.2 Å². The van der Waals surface area contributed by atoms with E-state index in [-0.39, 0.29) is 52.9 Å². The van der Waals surface area contributed by atoms with Crippen molar-refractivity contribution >= 4 is 33.2 Å². The van der Waals surface area contributed by atoms with Gasteiger partial charge >= 0.3 is 0 Å². The number of allylic oxidation sites excluding steroid dienone is 4. The molecular weight excluding hydrogens is 705 g/mol. The van der Waals surface area contributed by atoms with Crippen molar-refractivity contribution in [2.45, 2.75) is 139 Å². The molecule has 11 nitrogen and oxygen atoms in total. The van der Waals surface area contributed by atoms with Gasteiger partial charge in [0.05, 0.1) is 37.0 Å². The molecule has 0 aromatic heterocycles. The number of piperidine rings is 1. The van der Waals surface area contributed by atoms with Crippen LogP contribution in [-0.2, 0) is 19.1 Å². The van der Waals surface area contributed by atoms with E-state index in [1.54, 1.807) is 16.9 Å². The summed E-state index contributed by atoms with van der Waals surface area (Å²) in [5.74, 6) is -1.15. The van der Waals surface area contributed by atoms with Crippen molar-refractivity contribution in [3.05, 3.63) is 23.5 Å². The summed E-state index contributed by atoms with van der Waals surface area (Å²) in [6, 6.07) is 0. The van der Waals surface area contributed by atoms with E-state index < -0.39 is 66.1 Å². The van der Waals surface area contributed by atoms with Crippen LogP contribution < -0.4 is 10.6 Å². The van der Waals surface area contributed by atoms with Gasteiger partial charge in [-0.1, -0.05) is 66.2 Å². The molecule has 7 fully saturated rings. The zero-order valence-electron chi connectivity index (χ0n) is 30.2. The zero-order chi connectivity index (χ0) is 36.3. The highest BCUT2D eigenvalue weighted by molar-refractivity contribution is 8.76. The first-order valence-electron chi connectivity index (χ1n) is 20.1. The van der Waals surface area contributed by atoms with Crippen molar-refractivity contribution in [3.63, 3.8) is 0 Å². The van der Waals surface area contributed by atoms with Crippen LogP contribution in [0.25, 0.3) is 0 Å². The predicted octanol–water partition coefficient (Wildman–Crippen LogP) is 2.87. The van der Waals surface area contributed by atoms with E-state index >= 15 is 4.79 Å². The Balaban J connectivity index is 1.17. The number of hydrogen-bond donors (Lipinski definition) is 7. The van der Waals surface area contributed by atoms with Crippen molar-refractivity contribution in [1.82, 2.24) is 5.32 Å². The van der Waals surface area contributed by atoms with Crippen LogP contribution in [0.15, 0.2) is 23.5 Å². The first-order valence-corrected chi connectivity index (χ1v) is 22.6. The summed E-state index contributed by atoms with van der Waals surface area (Å²) in [6.45, 7) is 0.328. The molecule has 8 rings (SSSR count). The van der Waals surface area contributed by atoms with Crippen LogP contribution in [0.5, 0.6) is 0 Å². The van der Waals surface area contributed by atoms with Gasteiger partial charge in [-0.05, 0) is 73.8 Å². The summed E-state index contributed by atoms with van der Waals surface area (Å²) in [5.41, 5.74) is -2.80. The van der Waals surface area contributed by atoms with Crippen LogP contribution in [0.2, 0.25) is 0 Å². The summed E-state index contributed by atoms with van der Waals surface area (Å²) < 4.78 is 12.6. The van der Waals surface area contributed by atoms with E-state index in [2.05, 4.69) is 10.6 Å². The number of aliphatic hydroxyl groups is 5. The average molecular weight is 764 g/mol. The Labute approximate surface area is 314 Å². The second-order valence-corrected chi connectivity index (χ2v) is 19.9. The molecule has 8 N–H and O–H groups in total. The number of nitrogens with two attached hydrogens (primary N) is 1. The topological polar surface area (TPSA) is 182 Å². The molecule has 0 radical (unpaired) electrons. The number of carbonyl (C=O) groups excluding carboxylic acids is 2. The molecule has 4 saturated carbocycles. The summed E-state index contributed by atoms with van der Waals surface area (Å²) in [5, 5.41) is 64.6.